The summed E-state index contributed by atoms with van der Waals surface area (Å²) in [5, 5.41) is 0. The lowest BCUT2D eigenvalue weighted by molar-refractivity contribution is -0.274. The SMILES string of the molecule is CCCC[C@H]1CC[C@H](c2ccc(-c3ccc(OC(F)(F)F)cc3)cc2)CC1. The molecule has 27 heavy (non-hydrogen) atoms. The summed E-state index contributed by atoms with van der Waals surface area (Å²) in [5.74, 6) is 1.35. The smallest absolute Gasteiger partial charge is 0.406 e. The van der Waals surface area contributed by atoms with Crippen molar-refractivity contribution in [1.29, 1.82) is 0 Å². The molecule has 0 heterocycles. The summed E-state index contributed by atoms with van der Waals surface area (Å²) in [6.45, 7) is 2.25. The lowest BCUT2D eigenvalue weighted by atomic mass is 9.77. The van der Waals surface area contributed by atoms with Crippen LogP contribution in [0.3, 0.4) is 0 Å². The molecular weight excluding hydrogens is 349 g/mol. The van der Waals surface area contributed by atoms with Crippen molar-refractivity contribution < 1.29 is 17.9 Å². The van der Waals surface area contributed by atoms with E-state index in [1.807, 2.05) is 0 Å². The van der Waals surface area contributed by atoms with Gasteiger partial charge >= 0.3 is 6.36 Å². The van der Waals surface area contributed by atoms with Gasteiger partial charge < -0.3 is 4.74 Å². The first-order chi connectivity index (χ1) is 12.9. The van der Waals surface area contributed by atoms with Gasteiger partial charge in [-0.25, -0.2) is 0 Å². The molecule has 1 aliphatic carbocycles. The Labute approximate surface area is 159 Å². The van der Waals surface area contributed by atoms with Crippen molar-refractivity contribution in [3.8, 4) is 16.9 Å². The van der Waals surface area contributed by atoms with E-state index < -0.39 is 6.36 Å². The molecule has 0 atom stereocenters. The molecule has 0 spiro atoms. The molecule has 0 radical (unpaired) electrons. The average Bonchev–Trinajstić information content (AvgIpc) is 2.66. The first-order valence-corrected chi connectivity index (χ1v) is 9.90. The van der Waals surface area contributed by atoms with Gasteiger partial charge in [0, 0.05) is 0 Å². The van der Waals surface area contributed by atoms with Crippen LogP contribution in [-0.4, -0.2) is 6.36 Å². The number of hydrogen-bond donors (Lipinski definition) is 0. The van der Waals surface area contributed by atoms with Crippen molar-refractivity contribution in [1.82, 2.24) is 0 Å². The minimum Gasteiger partial charge on any atom is -0.406 e. The maximum Gasteiger partial charge on any atom is 0.573 e. The third-order valence-corrected chi connectivity index (χ3v) is 5.62. The van der Waals surface area contributed by atoms with Crippen LogP contribution in [0.1, 0.15) is 63.4 Å². The molecule has 0 amide bonds. The van der Waals surface area contributed by atoms with Gasteiger partial charge in [0.15, 0.2) is 0 Å². The monoisotopic (exact) mass is 376 g/mol. The highest BCUT2D eigenvalue weighted by Gasteiger charge is 2.31. The minimum atomic E-state index is -4.65. The van der Waals surface area contributed by atoms with Gasteiger partial charge in [-0.3, -0.25) is 0 Å². The van der Waals surface area contributed by atoms with E-state index in [1.54, 1.807) is 12.1 Å². The number of ether oxygens (including phenoxy) is 1. The van der Waals surface area contributed by atoms with E-state index in [0.717, 1.165) is 17.0 Å². The lowest BCUT2D eigenvalue weighted by Crippen LogP contribution is -2.16. The zero-order valence-electron chi connectivity index (χ0n) is 15.8. The van der Waals surface area contributed by atoms with E-state index in [-0.39, 0.29) is 5.75 Å². The Balaban J connectivity index is 1.59. The van der Waals surface area contributed by atoms with Crippen molar-refractivity contribution in [3.63, 3.8) is 0 Å². The Kier molecular flexibility index (Phi) is 6.46. The van der Waals surface area contributed by atoms with Crippen LogP contribution >= 0.6 is 0 Å². The van der Waals surface area contributed by atoms with Gasteiger partial charge in [-0.2, -0.15) is 0 Å². The second-order valence-electron chi connectivity index (χ2n) is 7.55. The number of rotatable bonds is 6. The number of unbranched alkanes of at least 4 members (excludes halogenated alkanes) is 1. The minimum absolute atomic E-state index is 0.192. The van der Waals surface area contributed by atoms with Crippen LogP contribution in [0.15, 0.2) is 48.5 Å². The third kappa shape index (κ3) is 5.75. The number of halogens is 3. The molecular formula is C23H27F3O. The molecule has 0 bridgehead atoms. The summed E-state index contributed by atoms with van der Waals surface area (Å²) in [4.78, 5) is 0. The largest absolute Gasteiger partial charge is 0.573 e. The summed E-state index contributed by atoms with van der Waals surface area (Å²) in [7, 11) is 0. The molecule has 0 aromatic heterocycles. The fraction of sp³-hybridized carbons (Fsp3) is 0.478. The summed E-state index contributed by atoms with van der Waals surface area (Å²) in [6.07, 6.45) is 4.52. The van der Waals surface area contributed by atoms with Crippen molar-refractivity contribution in [2.24, 2.45) is 5.92 Å². The first-order valence-electron chi connectivity index (χ1n) is 9.90. The van der Waals surface area contributed by atoms with Gasteiger partial charge in [0.05, 0.1) is 0 Å². The highest BCUT2D eigenvalue weighted by atomic mass is 19.4. The fourth-order valence-corrected chi connectivity index (χ4v) is 4.07. The normalized spacial score (nSPS) is 20.4. The predicted molar refractivity (Wildman–Crippen MR) is 103 cm³/mol. The van der Waals surface area contributed by atoms with E-state index >= 15 is 0 Å². The van der Waals surface area contributed by atoms with Crippen LogP contribution in [0.25, 0.3) is 11.1 Å². The molecule has 2 aromatic carbocycles. The maximum atomic E-state index is 12.2. The third-order valence-electron chi connectivity index (χ3n) is 5.62. The van der Waals surface area contributed by atoms with Gasteiger partial charge in [0.25, 0.3) is 0 Å². The highest BCUT2D eigenvalue weighted by Crippen LogP contribution is 2.38. The van der Waals surface area contributed by atoms with Crippen molar-refractivity contribution >= 4 is 0 Å². The molecule has 4 heteroatoms. The molecule has 1 nitrogen and oxygen atoms in total. The molecule has 146 valence electrons. The predicted octanol–water partition coefficient (Wildman–Crippen LogP) is 7.72. The Morgan fingerprint density at radius 3 is 1.93 bits per heavy atom. The quantitative estimate of drug-likeness (QED) is 0.501. The Morgan fingerprint density at radius 1 is 0.852 bits per heavy atom. The van der Waals surface area contributed by atoms with Gasteiger partial charge in [-0.15, -0.1) is 13.2 Å². The second kappa shape index (κ2) is 8.81. The van der Waals surface area contributed by atoms with Gasteiger partial charge in [0.2, 0.25) is 0 Å². The first kappa shape index (κ1) is 19.8. The zero-order valence-corrected chi connectivity index (χ0v) is 15.8. The number of benzene rings is 2. The van der Waals surface area contributed by atoms with Crippen LogP contribution in [0.2, 0.25) is 0 Å². The van der Waals surface area contributed by atoms with Gasteiger partial charge in [-0.05, 0) is 66.3 Å². The van der Waals surface area contributed by atoms with Crippen LogP contribution in [0, 0.1) is 5.92 Å². The Bertz CT molecular complexity index is 696. The van der Waals surface area contributed by atoms with Crippen molar-refractivity contribution in [2.45, 2.75) is 64.1 Å². The molecule has 1 aliphatic rings. The molecule has 0 aliphatic heterocycles. The standard InChI is InChI=1S/C23H27F3O/c1-2-3-4-17-5-7-18(8-6-17)19-9-11-20(12-10-19)21-13-15-22(16-14-21)27-23(24,25)26/h9-18H,2-8H2,1H3/t17-,18-. The van der Waals surface area contributed by atoms with E-state index in [4.69, 9.17) is 0 Å². The van der Waals surface area contributed by atoms with Gasteiger partial charge in [-0.1, -0.05) is 62.6 Å². The van der Waals surface area contributed by atoms with Crippen molar-refractivity contribution in [2.75, 3.05) is 0 Å². The average molecular weight is 376 g/mol. The number of alkyl halides is 3. The molecule has 0 saturated heterocycles. The van der Waals surface area contributed by atoms with Crippen LogP contribution in [0.4, 0.5) is 13.2 Å². The Morgan fingerprint density at radius 2 is 1.41 bits per heavy atom. The maximum absolute atomic E-state index is 12.2. The summed E-state index contributed by atoms with van der Waals surface area (Å²) in [5.41, 5.74) is 3.28. The summed E-state index contributed by atoms with van der Waals surface area (Å²) >= 11 is 0. The van der Waals surface area contributed by atoms with Crippen LogP contribution < -0.4 is 4.74 Å². The van der Waals surface area contributed by atoms with E-state index in [0.29, 0.717) is 5.92 Å². The van der Waals surface area contributed by atoms with E-state index in [1.165, 1.54) is 62.6 Å². The summed E-state index contributed by atoms with van der Waals surface area (Å²) in [6, 6.07) is 14.5. The molecule has 2 aromatic rings. The van der Waals surface area contributed by atoms with Crippen LogP contribution in [0.5, 0.6) is 5.75 Å². The fourth-order valence-electron chi connectivity index (χ4n) is 4.07. The molecule has 1 saturated carbocycles. The second-order valence-corrected chi connectivity index (χ2v) is 7.55. The number of hydrogen-bond acceptors (Lipinski definition) is 1. The molecule has 0 N–H and O–H groups in total. The van der Waals surface area contributed by atoms with Crippen molar-refractivity contribution in [3.05, 3.63) is 54.1 Å². The molecule has 3 rings (SSSR count). The summed E-state index contributed by atoms with van der Waals surface area (Å²) < 4.78 is 40.7. The van der Waals surface area contributed by atoms with Crippen LogP contribution in [-0.2, 0) is 0 Å². The highest BCUT2D eigenvalue weighted by molar-refractivity contribution is 5.64. The van der Waals surface area contributed by atoms with E-state index in [2.05, 4.69) is 35.9 Å². The van der Waals surface area contributed by atoms with Gasteiger partial charge in [0.1, 0.15) is 5.75 Å². The Hall–Kier alpha value is -1.97. The zero-order chi connectivity index (χ0) is 19.3. The topological polar surface area (TPSA) is 9.23 Å². The lowest BCUT2D eigenvalue weighted by Gasteiger charge is -2.29. The molecule has 0 unspecified atom stereocenters. The van der Waals surface area contributed by atoms with E-state index in [9.17, 15) is 13.2 Å². The molecule has 1 fully saturated rings.